The molecule has 1 aromatic rings. The van der Waals surface area contributed by atoms with E-state index < -0.39 is 0 Å². The third kappa shape index (κ3) is 6.11. The number of aliphatic imine (C=N–C) groups is 1. The topological polar surface area (TPSA) is 66.7 Å². The number of piperidine rings is 2. The maximum atomic E-state index is 9.41. The van der Waals surface area contributed by atoms with Gasteiger partial charge >= 0.3 is 0 Å². The van der Waals surface area contributed by atoms with E-state index in [1.54, 1.807) is 0 Å². The summed E-state index contributed by atoms with van der Waals surface area (Å²) in [7, 11) is 1.85. The number of hydrogen-bond acceptors (Lipinski definition) is 4. The first-order valence-corrected chi connectivity index (χ1v) is 11.2. The van der Waals surface area contributed by atoms with Gasteiger partial charge in [0.25, 0.3) is 0 Å². The standard InChI is InChI=1S/C23H36N6/c1-3-28-15-11-19(12-16-28)10-13-26-23(25-2)27-21-8-6-14-29(18-21)22-9-5-4-7-20(22)17-24/h4-5,7,9,19,21H,3,6,8,10-16,18H2,1-2H3,(H2,25,26,27). The predicted molar refractivity (Wildman–Crippen MR) is 120 cm³/mol. The largest absolute Gasteiger partial charge is 0.368 e. The second-order valence-corrected chi connectivity index (χ2v) is 8.22. The van der Waals surface area contributed by atoms with Crippen molar-refractivity contribution in [2.45, 2.75) is 45.1 Å². The molecule has 0 amide bonds. The van der Waals surface area contributed by atoms with Crippen molar-refractivity contribution in [2.24, 2.45) is 10.9 Å². The van der Waals surface area contributed by atoms with Gasteiger partial charge in [-0.05, 0) is 69.8 Å². The Kier molecular flexibility index (Phi) is 8.18. The van der Waals surface area contributed by atoms with Gasteiger partial charge < -0.3 is 20.4 Å². The van der Waals surface area contributed by atoms with Crippen LogP contribution in [0.4, 0.5) is 5.69 Å². The Morgan fingerprint density at radius 2 is 2.00 bits per heavy atom. The molecular weight excluding hydrogens is 360 g/mol. The minimum Gasteiger partial charge on any atom is -0.368 e. The number of likely N-dealkylation sites (tertiary alicyclic amines) is 1. The molecule has 0 spiro atoms. The molecule has 1 unspecified atom stereocenters. The summed E-state index contributed by atoms with van der Waals surface area (Å²) in [5.74, 6) is 1.73. The molecule has 2 aliphatic heterocycles. The highest BCUT2D eigenvalue weighted by molar-refractivity contribution is 5.80. The average Bonchev–Trinajstić information content (AvgIpc) is 2.79. The molecule has 1 atom stereocenters. The lowest BCUT2D eigenvalue weighted by molar-refractivity contribution is 0.187. The summed E-state index contributed by atoms with van der Waals surface area (Å²) in [4.78, 5) is 9.31. The van der Waals surface area contributed by atoms with Crippen molar-refractivity contribution in [3.8, 4) is 6.07 Å². The van der Waals surface area contributed by atoms with Crippen molar-refractivity contribution in [3.63, 3.8) is 0 Å². The monoisotopic (exact) mass is 396 g/mol. The van der Waals surface area contributed by atoms with Gasteiger partial charge in [-0.15, -0.1) is 0 Å². The zero-order valence-electron chi connectivity index (χ0n) is 18.0. The highest BCUT2D eigenvalue weighted by Crippen LogP contribution is 2.23. The van der Waals surface area contributed by atoms with Gasteiger partial charge in [-0.25, -0.2) is 0 Å². The van der Waals surface area contributed by atoms with E-state index in [1.165, 1.54) is 38.9 Å². The van der Waals surface area contributed by atoms with Gasteiger partial charge in [-0.2, -0.15) is 5.26 Å². The summed E-state index contributed by atoms with van der Waals surface area (Å²) in [5.41, 5.74) is 1.80. The van der Waals surface area contributed by atoms with Crippen LogP contribution in [0.25, 0.3) is 0 Å². The second kappa shape index (κ2) is 11.1. The van der Waals surface area contributed by atoms with Crippen LogP contribution < -0.4 is 15.5 Å². The van der Waals surface area contributed by atoms with Crippen LogP contribution in [0.5, 0.6) is 0 Å². The molecule has 0 aromatic heterocycles. The second-order valence-electron chi connectivity index (χ2n) is 8.22. The number of rotatable bonds is 6. The molecule has 2 N–H and O–H groups in total. The van der Waals surface area contributed by atoms with Crippen LogP contribution in [-0.2, 0) is 0 Å². The molecule has 1 aromatic carbocycles. The summed E-state index contributed by atoms with van der Waals surface area (Å²) in [6.45, 7) is 8.80. The molecule has 2 fully saturated rings. The van der Waals surface area contributed by atoms with Gasteiger partial charge in [0, 0.05) is 32.7 Å². The van der Waals surface area contributed by atoms with E-state index in [-0.39, 0.29) is 0 Å². The van der Waals surface area contributed by atoms with Gasteiger partial charge in [-0.3, -0.25) is 4.99 Å². The SMILES string of the molecule is CCN1CCC(CCNC(=NC)NC2CCCN(c3ccccc3C#N)C2)CC1. The summed E-state index contributed by atoms with van der Waals surface area (Å²) in [6.07, 6.45) is 6.09. The average molecular weight is 397 g/mol. The Morgan fingerprint density at radius 3 is 2.72 bits per heavy atom. The fraction of sp³-hybridized carbons (Fsp3) is 0.652. The molecule has 0 bridgehead atoms. The molecular formula is C23H36N6. The van der Waals surface area contributed by atoms with Crippen LogP contribution in [0, 0.1) is 17.2 Å². The van der Waals surface area contributed by atoms with Crippen molar-refractivity contribution in [1.29, 1.82) is 5.26 Å². The number of benzene rings is 1. The van der Waals surface area contributed by atoms with Crippen LogP contribution in [0.15, 0.2) is 29.3 Å². The number of nitrogens with zero attached hydrogens (tertiary/aromatic N) is 4. The van der Waals surface area contributed by atoms with Crippen molar-refractivity contribution in [1.82, 2.24) is 15.5 Å². The molecule has 6 nitrogen and oxygen atoms in total. The third-order valence-corrected chi connectivity index (χ3v) is 6.35. The Bertz CT molecular complexity index is 702. The Hall–Kier alpha value is -2.26. The lowest BCUT2D eigenvalue weighted by atomic mass is 9.93. The molecule has 2 saturated heterocycles. The number of nitriles is 1. The summed E-state index contributed by atoms with van der Waals surface area (Å²) in [5, 5.41) is 16.5. The van der Waals surface area contributed by atoms with Gasteiger partial charge in [0.05, 0.1) is 11.3 Å². The number of nitrogens with one attached hydrogen (secondary N) is 2. The maximum Gasteiger partial charge on any atom is 0.191 e. The molecule has 6 heteroatoms. The van der Waals surface area contributed by atoms with Gasteiger partial charge in [0.15, 0.2) is 5.96 Å². The summed E-state index contributed by atoms with van der Waals surface area (Å²) >= 11 is 0. The van der Waals surface area contributed by atoms with E-state index in [2.05, 4.69) is 44.5 Å². The summed E-state index contributed by atoms with van der Waals surface area (Å²) in [6, 6.07) is 10.6. The van der Waals surface area contributed by atoms with Crippen LogP contribution in [0.3, 0.4) is 0 Å². The van der Waals surface area contributed by atoms with E-state index in [9.17, 15) is 5.26 Å². The Labute approximate surface area is 176 Å². The first-order valence-electron chi connectivity index (χ1n) is 11.2. The lowest BCUT2D eigenvalue weighted by Gasteiger charge is -2.36. The van der Waals surface area contributed by atoms with Crippen LogP contribution >= 0.6 is 0 Å². The van der Waals surface area contributed by atoms with Crippen molar-refractivity contribution < 1.29 is 0 Å². The highest BCUT2D eigenvalue weighted by Gasteiger charge is 2.23. The van der Waals surface area contributed by atoms with E-state index in [0.29, 0.717) is 6.04 Å². The Morgan fingerprint density at radius 1 is 1.21 bits per heavy atom. The molecule has 29 heavy (non-hydrogen) atoms. The fourth-order valence-electron chi connectivity index (χ4n) is 4.53. The van der Waals surface area contributed by atoms with Gasteiger partial charge in [0.1, 0.15) is 6.07 Å². The third-order valence-electron chi connectivity index (χ3n) is 6.35. The first-order chi connectivity index (χ1) is 14.2. The number of anilines is 1. The molecule has 2 aliphatic rings. The smallest absolute Gasteiger partial charge is 0.191 e. The minimum absolute atomic E-state index is 0.342. The number of para-hydroxylation sites is 1. The minimum atomic E-state index is 0.342. The zero-order chi connectivity index (χ0) is 20.5. The van der Waals surface area contributed by atoms with E-state index >= 15 is 0 Å². The quantitative estimate of drug-likeness (QED) is 0.572. The molecule has 0 saturated carbocycles. The van der Waals surface area contributed by atoms with Gasteiger partial charge in [-0.1, -0.05) is 19.1 Å². The van der Waals surface area contributed by atoms with E-state index in [1.807, 2.05) is 25.2 Å². The van der Waals surface area contributed by atoms with Crippen molar-refractivity contribution in [2.75, 3.05) is 51.2 Å². The number of hydrogen-bond donors (Lipinski definition) is 2. The molecule has 0 radical (unpaired) electrons. The molecule has 0 aliphatic carbocycles. The highest BCUT2D eigenvalue weighted by atomic mass is 15.2. The normalized spacial score (nSPS) is 21.6. The van der Waals surface area contributed by atoms with Crippen LogP contribution in [0.2, 0.25) is 0 Å². The number of guanidine groups is 1. The van der Waals surface area contributed by atoms with Crippen LogP contribution in [0.1, 0.15) is 44.6 Å². The maximum absolute atomic E-state index is 9.41. The molecule has 2 heterocycles. The van der Waals surface area contributed by atoms with Crippen molar-refractivity contribution >= 4 is 11.6 Å². The molecule has 158 valence electrons. The molecule has 3 rings (SSSR count). The van der Waals surface area contributed by atoms with E-state index in [0.717, 1.165) is 55.6 Å². The Balaban J connectivity index is 1.45. The van der Waals surface area contributed by atoms with Gasteiger partial charge in [0.2, 0.25) is 0 Å². The van der Waals surface area contributed by atoms with Crippen LogP contribution in [-0.4, -0.2) is 63.2 Å². The van der Waals surface area contributed by atoms with E-state index in [4.69, 9.17) is 0 Å². The van der Waals surface area contributed by atoms with Crippen molar-refractivity contribution in [3.05, 3.63) is 29.8 Å². The first kappa shape index (κ1) is 21.4. The summed E-state index contributed by atoms with van der Waals surface area (Å²) < 4.78 is 0. The lowest BCUT2D eigenvalue weighted by Crippen LogP contribution is -2.51. The predicted octanol–water partition coefficient (Wildman–Crippen LogP) is 2.81. The fourth-order valence-corrected chi connectivity index (χ4v) is 4.53. The zero-order valence-corrected chi connectivity index (χ0v) is 18.0.